The molecule has 0 saturated carbocycles. The molecule has 0 radical (unpaired) electrons. The minimum atomic E-state index is -3.38. The quantitative estimate of drug-likeness (QED) is 0.792. The van der Waals surface area contributed by atoms with Crippen LogP contribution in [0.2, 0.25) is 0 Å². The van der Waals surface area contributed by atoms with Gasteiger partial charge in [0.2, 0.25) is 10.0 Å². The van der Waals surface area contributed by atoms with Crippen LogP contribution < -0.4 is 14.9 Å². The Morgan fingerprint density at radius 2 is 1.71 bits per heavy atom. The minimum Gasteiger partial charge on any atom is -0.497 e. The summed E-state index contributed by atoms with van der Waals surface area (Å²) in [5, 5.41) is 0. The second kappa shape index (κ2) is 6.57. The zero-order valence-corrected chi connectivity index (χ0v) is 16.0. The monoisotopic (exact) mass is 355 g/mol. The highest BCUT2D eigenvalue weighted by molar-refractivity contribution is 7.92. The lowest BCUT2D eigenvalue weighted by Gasteiger charge is -2.32. The van der Waals surface area contributed by atoms with Crippen molar-refractivity contribution in [3.63, 3.8) is 0 Å². The molecule has 1 aliphatic rings. The van der Waals surface area contributed by atoms with E-state index in [-0.39, 0.29) is 5.75 Å². The van der Waals surface area contributed by atoms with E-state index < -0.39 is 28.3 Å². The highest BCUT2D eigenvalue weighted by Gasteiger charge is 2.51. The van der Waals surface area contributed by atoms with Crippen molar-refractivity contribution in [1.29, 1.82) is 0 Å². The highest BCUT2D eigenvalue weighted by Crippen LogP contribution is 2.36. The standard InChI is InChI=1S/C16H26BNO5S/c1-7-8-24(19,20)18-13-9-12(10-14(11-13)21-6)17-22-15(2,3)16(4,5)23-17/h9-11,18H,7-8H2,1-6H3. The molecule has 134 valence electrons. The van der Waals surface area contributed by atoms with Crippen LogP contribution in [-0.4, -0.2) is 39.6 Å². The van der Waals surface area contributed by atoms with Crippen molar-refractivity contribution in [2.24, 2.45) is 0 Å². The van der Waals surface area contributed by atoms with Gasteiger partial charge in [0.1, 0.15) is 5.75 Å². The Kier molecular flexibility index (Phi) is 5.23. The van der Waals surface area contributed by atoms with Gasteiger partial charge in [0.05, 0.1) is 29.8 Å². The first kappa shape index (κ1) is 19.1. The van der Waals surface area contributed by atoms with E-state index >= 15 is 0 Å². The van der Waals surface area contributed by atoms with E-state index in [0.717, 1.165) is 0 Å². The summed E-state index contributed by atoms with van der Waals surface area (Å²) in [5.74, 6) is 0.604. The number of sulfonamides is 1. The smallest absolute Gasteiger partial charge is 0.495 e. The molecule has 1 N–H and O–H groups in total. The third kappa shape index (κ3) is 4.04. The van der Waals surface area contributed by atoms with Gasteiger partial charge >= 0.3 is 7.12 Å². The Bertz CT molecular complexity index is 686. The van der Waals surface area contributed by atoms with Crippen LogP contribution in [0, 0.1) is 0 Å². The van der Waals surface area contributed by atoms with Crippen LogP contribution in [0.4, 0.5) is 5.69 Å². The van der Waals surface area contributed by atoms with Gasteiger partial charge < -0.3 is 14.0 Å². The zero-order chi connectivity index (χ0) is 18.2. The summed E-state index contributed by atoms with van der Waals surface area (Å²) in [7, 11) is -2.43. The minimum absolute atomic E-state index is 0.0655. The summed E-state index contributed by atoms with van der Waals surface area (Å²) in [6.07, 6.45) is 0.545. The first-order valence-electron chi connectivity index (χ1n) is 8.05. The van der Waals surface area contributed by atoms with Crippen LogP contribution in [-0.2, 0) is 19.3 Å². The molecule has 1 heterocycles. The van der Waals surface area contributed by atoms with Gasteiger partial charge in [0.15, 0.2) is 0 Å². The fraction of sp³-hybridized carbons (Fsp3) is 0.625. The average Bonchev–Trinajstić information content (AvgIpc) is 2.66. The molecule has 0 amide bonds. The van der Waals surface area contributed by atoms with E-state index in [0.29, 0.717) is 23.3 Å². The molecule has 0 atom stereocenters. The van der Waals surface area contributed by atoms with Gasteiger partial charge in [0.25, 0.3) is 0 Å². The maximum absolute atomic E-state index is 12.0. The second-order valence-corrected chi connectivity index (χ2v) is 8.85. The molecule has 1 aromatic carbocycles. The molecule has 1 saturated heterocycles. The number of hydrogen-bond donors (Lipinski definition) is 1. The molecular weight excluding hydrogens is 329 g/mol. The molecular formula is C16H26BNO5S. The first-order chi connectivity index (χ1) is 11.0. The normalized spacial score (nSPS) is 19.3. The van der Waals surface area contributed by atoms with Gasteiger partial charge in [-0.3, -0.25) is 4.72 Å². The van der Waals surface area contributed by atoms with Crippen LogP contribution in [0.1, 0.15) is 41.0 Å². The number of ether oxygens (including phenoxy) is 1. The number of rotatable bonds is 6. The third-order valence-corrected chi connectivity index (χ3v) is 5.93. The molecule has 0 bridgehead atoms. The average molecular weight is 355 g/mol. The van der Waals surface area contributed by atoms with Gasteiger partial charge in [-0.05, 0) is 51.7 Å². The summed E-state index contributed by atoms with van der Waals surface area (Å²) < 4.78 is 44.0. The molecule has 24 heavy (non-hydrogen) atoms. The van der Waals surface area contributed by atoms with Gasteiger partial charge in [-0.1, -0.05) is 6.92 Å². The molecule has 0 spiro atoms. The van der Waals surface area contributed by atoms with Crippen molar-refractivity contribution in [2.45, 2.75) is 52.2 Å². The summed E-state index contributed by atoms with van der Waals surface area (Å²) in [6, 6.07) is 5.15. The van der Waals surface area contributed by atoms with E-state index in [2.05, 4.69) is 4.72 Å². The van der Waals surface area contributed by atoms with Gasteiger partial charge in [-0.25, -0.2) is 8.42 Å². The summed E-state index contributed by atoms with van der Waals surface area (Å²) in [4.78, 5) is 0. The van der Waals surface area contributed by atoms with Crippen molar-refractivity contribution in [1.82, 2.24) is 0 Å². The molecule has 0 aliphatic carbocycles. The fourth-order valence-electron chi connectivity index (χ4n) is 2.41. The van der Waals surface area contributed by atoms with Crippen molar-refractivity contribution in [3.05, 3.63) is 18.2 Å². The Morgan fingerprint density at radius 1 is 1.12 bits per heavy atom. The van der Waals surface area contributed by atoms with Crippen molar-refractivity contribution in [3.8, 4) is 5.75 Å². The SMILES string of the molecule is CCCS(=O)(=O)Nc1cc(OC)cc(B2OC(C)(C)C(C)(C)O2)c1. The zero-order valence-electron chi connectivity index (χ0n) is 15.2. The molecule has 1 aromatic rings. The maximum atomic E-state index is 12.0. The Hall–Kier alpha value is -1.25. The molecule has 6 nitrogen and oxygen atoms in total. The van der Waals surface area contributed by atoms with Gasteiger partial charge in [-0.2, -0.15) is 0 Å². The Balaban J connectivity index is 2.34. The van der Waals surface area contributed by atoms with Crippen LogP contribution >= 0.6 is 0 Å². The Labute approximate surface area is 145 Å². The van der Waals surface area contributed by atoms with E-state index in [1.54, 1.807) is 18.2 Å². The first-order valence-corrected chi connectivity index (χ1v) is 9.70. The van der Waals surface area contributed by atoms with Gasteiger partial charge in [-0.15, -0.1) is 0 Å². The van der Waals surface area contributed by atoms with E-state index in [1.807, 2.05) is 34.6 Å². The van der Waals surface area contributed by atoms with Crippen molar-refractivity contribution in [2.75, 3.05) is 17.6 Å². The topological polar surface area (TPSA) is 73.9 Å². The van der Waals surface area contributed by atoms with Crippen LogP contribution in [0.5, 0.6) is 5.75 Å². The predicted octanol–water partition coefficient (Wildman–Crippen LogP) is 2.15. The highest BCUT2D eigenvalue weighted by atomic mass is 32.2. The van der Waals surface area contributed by atoms with E-state index in [9.17, 15) is 8.42 Å². The Morgan fingerprint density at radius 3 is 2.21 bits per heavy atom. The van der Waals surface area contributed by atoms with Crippen LogP contribution in [0.15, 0.2) is 18.2 Å². The number of nitrogens with one attached hydrogen (secondary N) is 1. The van der Waals surface area contributed by atoms with Crippen molar-refractivity contribution >= 4 is 28.3 Å². The molecule has 0 aromatic heterocycles. The molecule has 0 unspecified atom stereocenters. The molecule has 8 heteroatoms. The largest absolute Gasteiger partial charge is 0.497 e. The summed E-state index contributed by atoms with van der Waals surface area (Å²) in [6.45, 7) is 9.70. The van der Waals surface area contributed by atoms with Crippen LogP contribution in [0.3, 0.4) is 0 Å². The fourth-order valence-corrected chi connectivity index (χ4v) is 3.53. The summed E-state index contributed by atoms with van der Waals surface area (Å²) in [5.41, 5.74) is 0.209. The predicted molar refractivity (Wildman–Crippen MR) is 96.4 cm³/mol. The third-order valence-electron chi connectivity index (χ3n) is 4.44. The molecule has 2 rings (SSSR count). The lowest BCUT2D eigenvalue weighted by atomic mass is 9.79. The lowest BCUT2D eigenvalue weighted by Crippen LogP contribution is -2.41. The number of hydrogen-bond acceptors (Lipinski definition) is 5. The van der Waals surface area contributed by atoms with Crippen LogP contribution in [0.25, 0.3) is 0 Å². The van der Waals surface area contributed by atoms with Crippen molar-refractivity contribution < 1.29 is 22.5 Å². The maximum Gasteiger partial charge on any atom is 0.495 e. The number of methoxy groups -OCH3 is 1. The molecule has 1 fully saturated rings. The van der Waals surface area contributed by atoms with E-state index in [4.69, 9.17) is 14.0 Å². The number of anilines is 1. The number of benzene rings is 1. The summed E-state index contributed by atoms with van der Waals surface area (Å²) >= 11 is 0. The lowest BCUT2D eigenvalue weighted by molar-refractivity contribution is 0.00578. The second-order valence-electron chi connectivity index (χ2n) is 7.00. The van der Waals surface area contributed by atoms with E-state index in [1.165, 1.54) is 7.11 Å². The van der Waals surface area contributed by atoms with Gasteiger partial charge in [0, 0.05) is 6.07 Å². The molecule has 1 aliphatic heterocycles.